The smallest absolute Gasteiger partial charge is 0.123 e. The molecule has 2 heteroatoms. The highest BCUT2D eigenvalue weighted by atomic mass is 16.3. The van der Waals surface area contributed by atoms with Crippen LogP contribution in [0.4, 0.5) is 0 Å². The lowest BCUT2D eigenvalue weighted by atomic mass is 10.1. The Kier molecular flexibility index (Phi) is 1.47. The molecule has 0 aliphatic rings. The summed E-state index contributed by atoms with van der Waals surface area (Å²) < 4.78 is 0. The van der Waals surface area contributed by atoms with Gasteiger partial charge in [0.15, 0.2) is 0 Å². The summed E-state index contributed by atoms with van der Waals surface area (Å²) in [6.45, 7) is 2.00. The Morgan fingerprint density at radius 1 is 1.17 bits per heavy atom. The van der Waals surface area contributed by atoms with E-state index in [9.17, 15) is 5.11 Å². The highest BCUT2D eigenvalue weighted by Crippen LogP contribution is 2.25. The first-order valence-electron chi connectivity index (χ1n) is 3.81. The molecule has 1 aromatic carbocycles. The molecule has 12 heavy (non-hydrogen) atoms. The van der Waals surface area contributed by atoms with Crippen molar-refractivity contribution >= 4 is 10.8 Å². The van der Waals surface area contributed by atoms with Crippen LogP contribution >= 0.6 is 0 Å². The second-order valence-electron chi connectivity index (χ2n) is 2.82. The van der Waals surface area contributed by atoms with Gasteiger partial charge >= 0.3 is 0 Å². The normalized spacial score (nSPS) is 10.4. The monoisotopic (exact) mass is 159 g/mol. The predicted octanol–water partition coefficient (Wildman–Crippen LogP) is 2.25. The van der Waals surface area contributed by atoms with E-state index in [-0.39, 0.29) is 0 Å². The van der Waals surface area contributed by atoms with Gasteiger partial charge in [-0.3, -0.25) is 4.98 Å². The van der Waals surface area contributed by atoms with Gasteiger partial charge in [-0.15, -0.1) is 0 Å². The number of aromatic hydroxyl groups is 1. The molecule has 0 atom stereocenters. The molecule has 0 unspecified atom stereocenters. The van der Waals surface area contributed by atoms with Crippen LogP contribution in [0.2, 0.25) is 0 Å². The SMILES string of the molecule is Cc1ccc(O)c2ccncc12. The third kappa shape index (κ3) is 0.925. The Morgan fingerprint density at radius 2 is 2.00 bits per heavy atom. The largest absolute Gasteiger partial charge is 0.507 e. The van der Waals surface area contributed by atoms with Gasteiger partial charge in [0, 0.05) is 23.2 Å². The van der Waals surface area contributed by atoms with Gasteiger partial charge in [-0.1, -0.05) is 6.07 Å². The summed E-state index contributed by atoms with van der Waals surface area (Å²) in [5, 5.41) is 11.3. The number of aromatic nitrogens is 1. The zero-order chi connectivity index (χ0) is 8.55. The molecule has 1 heterocycles. The van der Waals surface area contributed by atoms with Gasteiger partial charge in [0.2, 0.25) is 0 Å². The summed E-state index contributed by atoms with van der Waals surface area (Å²) in [7, 11) is 0. The molecule has 0 aliphatic carbocycles. The van der Waals surface area contributed by atoms with E-state index < -0.39 is 0 Å². The average Bonchev–Trinajstić information content (AvgIpc) is 2.12. The van der Waals surface area contributed by atoms with E-state index in [0.29, 0.717) is 5.75 Å². The van der Waals surface area contributed by atoms with Crippen molar-refractivity contribution in [3.63, 3.8) is 0 Å². The first-order chi connectivity index (χ1) is 5.79. The number of benzene rings is 1. The number of nitrogens with zero attached hydrogens (tertiary/aromatic N) is 1. The molecule has 0 spiro atoms. The molecule has 0 fully saturated rings. The summed E-state index contributed by atoms with van der Waals surface area (Å²) in [4.78, 5) is 4.00. The van der Waals surface area contributed by atoms with Crippen LogP contribution in [0.1, 0.15) is 5.56 Å². The molecule has 1 N–H and O–H groups in total. The molecule has 0 bridgehead atoms. The summed E-state index contributed by atoms with van der Waals surface area (Å²) in [5.74, 6) is 0.318. The van der Waals surface area contributed by atoms with Gasteiger partial charge in [0.25, 0.3) is 0 Å². The molecule has 2 rings (SSSR count). The molecule has 0 aliphatic heterocycles. The Labute approximate surface area is 70.5 Å². The molecule has 0 saturated heterocycles. The summed E-state index contributed by atoms with van der Waals surface area (Å²) in [6, 6.07) is 5.41. The van der Waals surface area contributed by atoms with Crippen molar-refractivity contribution in [2.24, 2.45) is 0 Å². The van der Waals surface area contributed by atoms with Crippen molar-refractivity contribution in [1.82, 2.24) is 4.98 Å². The third-order valence-electron chi connectivity index (χ3n) is 2.01. The van der Waals surface area contributed by atoms with Gasteiger partial charge < -0.3 is 5.11 Å². The Hall–Kier alpha value is -1.57. The van der Waals surface area contributed by atoms with Crippen LogP contribution in [0, 0.1) is 6.92 Å². The lowest BCUT2D eigenvalue weighted by Gasteiger charge is -2.02. The van der Waals surface area contributed by atoms with E-state index in [2.05, 4.69) is 4.98 Å². The van der Waals surface area contributed by atoms with Gasteiger partial charge in [-0.2, -0.15) is 0 Å². The number of hydrogen-bond donors (Lipinski definition) is 1. The zero-order valence-electron chi connectivity index (χ0n) is 6.78. The Bertz CT molecular complexity index is 383. The standard InChI is InChI=1S/C10H9NO/c1-7-2-3-10(12)8-4-5-11-6-9(7)8/h2-6,12H,1H3. The van der Waals surface area contributed by atoms with Crippen molar-refractivity contribution in [1.29, 1.82) is 0 Å². The van der Waals surface area contributed by atoms with Gasteiger partial charge in [-0.25, -0.2) is 0 Å². The van der Waals surface area contributed by atoms with Crippen LogP contribution in [-0.4, -0.2) is 10.1 Å². The highest BCUT2D eigenvalue weighted by Gasteiger charge is 2.00. The Balaban J connectivity index is 2.95. The minimum Gasteiger partial charge on any atom is -0.507 e. The lowest BCUT2D eigenvalue weighted by molar-refractivity contribution is 0.481. The van der Waals surface area contributed by atoms with E-state index in [1.165, 1.54) is 0 Å². The molecule has 0 radical (unpaired) electrons. The molecular weight excluding hydrogens is 150 g/mol. The van der Waals surface area contributed by atoms with E-state index >= 15 is 0 Å². The number of rotatable bonds is 0. The van der Waals surface area contributed by atoms with Crippen LogP contribution in [0.3, 0.4) is 0 Å². The molecule has 1 aromatic heterocycles. The number of pyridine rings is 1. The summed E-state index contributed by atoms with van der Waals surface area (Å²) in [5.41, 5.74) is 1.14. The molecule has 0 amide bonds. The van der Waals surface area contributed by atoms with Crippen LogP contribution < -0.4 is 0 Å². The summed E-state index contributed by atoms with van der Waals surface area (Å²) in [6.07, 6.45) is 3.45. The quantitative estimate of drug-likeness (QED) is 0.639. The topological polar surface area (TPSA) is 33.1 Å². The van der Waals surface area contributed by atoms with Gasteiger partial charge in [-0.05, 0) is 24.6 Å². The predicted molar refractivity (Wildman–Crippen MR) is 48.1 cm³/mol. The maximum absolute atomic E-state index is 9.47. The van der Waals surface area contributed by atoms with E-state index in [1.54, 1.807) is 18.5 Å². The second kappa shape index (κ2) is 2.48. The van der Waals surface area contributed by atoms with E-state index in [0.717, 1.165) is 16.3 Å². The van der Waals surface area contributed by atoms with E-state index in [1.807, 2.05) is 19.1 Å². The summed E-state index contributed by atoms with van der Waals surface area (Å²) >= 11 is 0. The first-order valence-corrected chi connectivity index (χ1v) is 3.81. The number of phenolic OH excluding ortho intramolecular Hbond substituents is 1. The van der Waals surface area contributed by atoms with Crippen molar-refractivity contribution in [3.05, 3.63) is 36.2 Å². The first kappa shape index (κ1) is 7.10. The number of fused-ring (bicyclic) bond motifs is 1. The zero-order valence-corrected chi connectivity index (χ0v) is 6.78. The van der Waals surface area contributed by atoms with E-state index in [4.69, 9.17) is 0 Å². The number of hydrogen-bond acceptors (Lipinski definition) is 2. The third-order valence-corrected chi connectivity index (χ3v) is 2.01. The molecular formula is C10H9NO. The molecule has 60 valence electrons. The lowest BCUT2D eigenvalue weighted by Crippen LogP contribution is -1.80. The van der Waals surface area contributed by atoms with Crippen LogP contribution in [0.25, 0.3) is 10.8 Å². The number of aryl methyl sites for hydroxylation is 1. The molecule has 2 aromatic rings. The highest BCUT2D eigenvalue weighted by molar-refractivity contribution is 5.89. The maximum Gasteiger partial charge on any atom is 0.123 e. The van der Waals surface area contributed by atoms with Gasteiger partial charge in [0.1, 0.15) is 5.75 Å². The van der Waals surface area contributed by atoms with Crippen molar-refractivity contribution in [3.8, 4) is 5.75 Å². The fourth-order valence-electron chi connectivity index (χ4n) is 1.32. The fourth-order valence-corrected chi connectivity index (χ4v) is 1.32. The van der Waals surface area contributed by atoms with Gasteiger partial charge in [0.05, 0.1) is 0 Å². The van der Waals surface area contributed by atoms with Crippen LogP contribution in [0.5, 0.6) is 5.75 Å². The molecule has 0 saturated carbocycles. The fraction of sp³-hybridized carbons (Fsp3) is 0.100. The minimum atomic E-state index is 0.318. The van der Waals surface area contributed by atoms with Crippen molar-refractivity contribution in [2.75, 3.05) is 0 Å². The van der Waals surface area contributed by atoms with Crippen molar-refractivity contribution in [2.45, 2.75) is 6.92 Å². The van der Waals surface area contributed by atoms with Crippen LogP contribution in [-0.2, 0) is 0 Å². The van der Waals surface area contributed by atoms with Crippen LogP contribution in [0.15, 0.2) is 30.6 Å². The number of phenols is 1. The maximum atomic E-state index is 9.47. The minimum absolute atomic E-state index is 0.318. The second-order valence-corrected chi connectivity index (χ2v) is 2.82. The van der Waals surface area contributed by atoms with Crippen molar-refractivity contribution < 1.29 is 5.11 Å². The Morgan fingerprint density at radius 3 is 2.75 bits per heavy atom. The molecule has 2 nitrogen and oxygen atoms in total. The average molecular weight is 159 g/mol.